The summed E-state index contributed by atoms with van der Waals surface area (Å²) in [5.74, 6) is 1.62. The lowest BCUT2D eigenvalue weighted by molar-refractivity contribution is 0.878. The number of hydrogen-bond donors (Lipinski definition) is 1. The molecule has 0 atom stereocenters. The van der Waals surface area contributed by atoms with Gasteiger partial charge in [0, 0.05) is 17.6 Å². The second-order valence-corrected chi connectivity index (χ2v) is 6.11. The molecule has 18 heavy (non-hydrogen) atoms. The summed E-state index contributed by atoms with van der Waals surface area (Å²) >= 11 is 3.39. The zero-order valence-electron chi connectivity index (χ0n) is 9.34. The highest BCUT2D eigenvalue weighted by atomic mass is 32.2. The van der Waals surface area contributed by atoms with Crippen LogP contribution in [0.5, 0.6) is 0 Å². The Morgan fingerprint density at radius 3 is 3.17 bits per heavy atom. The molecule has 0 radical (unpaired) electrons. The third kappa shape index (κ3) is 1.39. The number of thiophene rings is 1. The molecule has 1 aliphatic heterocycles. The van der Waals surface area contributed by atoms with E-state index in [1.54, 1.807) is 27.6 Å². The first-order chi connectivity index (χ1) is 8.83. The van der Waals surface area contributed by atoms with Gasteiger partial charge >= 0.3 is 0 Å². The van der Waals surface area contributed by atoms with Gasteiger partial charge in [-0.05, 0) is 11.4 Å². The molecule has 0 unspecified atom stereocenters. The molecule has 4 heterocycles. The highest BCUT2D eigenvalue weighted by Gasteiger charge is 2.19. The molecule has 3 aromatic rings. The molecule has 90 valence electrons. The smallest absolute Gasteiger partial charge is 0.277 e. The minimum Gasteiger partial charge on any atom is -0.288 e. The van der Waals surface area contributed by atoms with Crippen molar-refractivity contribution in [2.24, 2.45) is 0 Å². The van der Waals surface area contributed by atoms with Gasteiger partial charge in [-0.3, -0.25) is 9.89 Å². The lowest BCUT2D eigenvalue weighted by Gasteiger charge is -1.97. The molecule has 1 N–H and O–H groups in total. The predicted molar refractivity (Wildman–Crippen MR) is 74.1 cm³/mol. The van der Waals surface area contributed by atoms with Gasteiger partial charge in [-0.15, -0.1) is 11.3 Å². The van der Waals surface area contributed by atoms with Crippen molar-refractivity contribution in [3.8, 4) is 10.6 Å². The van der Waals surface area contributed by atoms with Gasteiger partial charge in [-0.2, -0.15) is 11.8 Å². The molecule has 0 aliphatic carbocycles. The van der Waals surface area contributed by atoms with Crippen LogP contribution in [-0.2, 0) is 11.5 Å². The van der Waals surface area contributed by atoms with Crippen molar-refractivity contribution in [2.75, 3.05) is 0 Å². The maximum atomic E-state index is 12.3. The molecule has 3 aromatic heterocycles. The Morgan fingerprint density at radius 1 is 1.39 bits per heavy atom. The summed E-state index contributed by atoms with van der Waals surface area (Å²) in [6.45, 7) is 0. The van der Waals surface area contributed by atoms with Gasteiger partial charge in [0.1, 0.15) is 0 Å². The van der Waals surface area contributed by atoms with E-state index in [2.05, 4.69) is 10.1 Å². The molecule has 1 aliphatic rings. The maximum Gasteiger partial charge on any atom is 0.277 e. The molecule has 0 saturated carbocycles. The van der Waals surface area contributed by atoms with Gasteiger partial charge in [0.05, 0.1) is 21.8 Å². The average molecular weight is 275 g/mol. The molecule has 0 saturated heterocycles. The first-order valence-corrected chi connectivity index (χ1v) is 7.61. The summed E-state index contributed by atoms with van der Waals surface area (Å²) in [5.41, 5.74) is 3.50. The molecule has 0 aromatic carbocycles. The van der Waals surface area contributed by atoms with E-state index >= 15 is 0 Å². The van der Waals surface area contributed by atoms with Crippen LogP contribution < -0.4 is 5.56 Å². The van der Waals surface area contributed by atoms with Crippen LogP contribution in [0.1, 0.15) is 11.3 Å². The second-order valence-electron chi connectivity index (χ2n) is 4.18. The summed E-state index contributed by atoms with van der Waals surface area (Å²) in [7, 11) is 0. The Labute approximate surface area is 111 Å². The number of nitrogens with zero attached hydrogens (tertiary/aromatic N) is 2. The molecule has 0 amide bonds. The quantitative estimate of drug-likeness (QED) is 0.742. The van der Waals surface area contributed by atoms with E-state index in [1.165, 1.54) is 0 Å². The van der Waals surface area contributed by atoms with E-state index in [0.29, 0.717) is 5.65 Å². The van der Waals surface area contributed by atoms with Gasteiger partial charge in [0.15, 0.2) is 5.65 Å². The number of hydrogen-bond acceptors (Lipinski definition) is 4. The van der Waals surface area contributed by atoms with Crippen molar-refractivity contribution in [3.05, 3.63) is 45.2 Å². The zero-order valence-corrected chi connectivity index (χ0v) is 11.0. The van der Waals surface area contributed by atoms with Crippen LogP contribution in [0.2, 0.25) is 0 Å². The minimum absolute atomic E-state index is 0.0443. The monoisotopic (exact) mass is 275 g/mol. The summed E-state index contributed by atoms with van der Waals surface area (Å²) in [4.78, 5) is 18.0. The van der Waals surface area contributed by atoms with Crippen molar-refractivity contribution in [1.82, 2.24) is 14.6 Å². The predicted octanol–water partition coefficient (Wildman–Crippen LogP) is 2.50. The van der Waals surface area contributed by atoms with Crippen LogP contribution in [-0.4, -0.2) is 14.6 Å². The number of fused-ring (bicyclic) bond motifs is 2. The average Bonchev–Trinajstić information content (AvgIpc) is 3.08. The van der Waals surface area contributed by atoms with Crippen LogP contribution in [0, 0.1) is 0 Å². The summed E-state index contributed by atoms with van der Waals surface area (Å²) in [5, 5.41) is 5.16. The summed E-state index contributed by atoms with van der Waals surface area (Å²) in [6, 6.07) is 5.97. The van der Waals surface area contributed by atoms with E-state index in [4.69, 9.17) is 0 Å². The highest BCUT2D eigenvalue weighted by Crippen LogP contribution is 2.28. The van der Waals surface area contributed by atoms with Crippen LogP contribution in [0.4, 0.5) is 0 Å². The summed E-state index contributed by atoms with van der Waals surface area (Å²) in [6.07, 6.45) is 0. The molecule has 4 nitrogen and oxygen atoms in total. The number of aromatic amines is 1. The third-order valence-corrected chi connectivity index (χ3v) is 4.94. The van der Waals surface area contributed by atoms with E-state index in [9.17, 15) is 4.79 Å². The van der Waals surface area contributed by atoms with Crippen molar-refractivity contribution in [3.63, 3.8) is 0 Å². The van der Waals surface area contributed by atoms with Gasteiger partial charge < -0.3 is 0 Å². The van der Waals surface area contributed by atoms with Crippen molar-refractivity contribution in [1.29, 1.82) is 0 Å². The molecule has 4 rings (SSSR count). The Balaban J connectivity index is 2.02. The highest BCUT2D eigenvalue weighted by molar-refractivity contribution is 7.98. The van der Waals surface area contributed by atoms with E-state index < -0.39 is 0 Å². The number of nitrogens with one attached hydrogen (secondary N) is 1. The largest absolute Gasteiger partial charge is 0.288 e. The van der Waals surface area contributed by atoms with Gasteiger partial charge in [-0.1, -0.05) is 6.07 Å². The van der Waals surface area contributed by atoms with E-state index in [-0.39, 0.29) is 5.56 Å². The fourth-order valence-corrected chi connectivity index (χ4v) is 3.90. The SMILES string of the molecule is O=c1c2c(nc3cc(-c4cccs4)[nH]n13)CSC2. The topological polar surface area (TPSA) is 50.2 Å². The summed E-state index contributed by atoms with van der Waals surface area (Å²) < 4.78 is 1.56. The third-order valence-electron chi connectivity index (χ3n) is 3.07. The lowest BCUT2D eigenvalue weighted by Crippen LogP contribution is -2.19. The molecule has 0 bridgehead atoms. The Hall–Kier alpha value is -1.53. The number of rotatable bonds is 1. The zero-order chi connectivity index (χ0) is 12.1. The van der Waals surface area contributed by atoms with Crippen LogP contribution >= 0.6 is 23.1 Å². The molecule has 0 fully saturated rings. The Bertz CT molecular complexity index is 786. The fourth-order valence-electron chi connectivity index (χ4n) is 2.18. The molecular weight excluding hydrogens is 266 g/mol. The lowest BCUT2D eigenvalue weighted by atomic mass is 10.3. The van der Waals surface area contributed by atoms with Gasteiger partial charge in [-0.25, -0.2) is 9.50 Å². The maximum absolute atomic E-state index is 12.3. The van der Waals surface area contributed by atoms with Crippen molar-refractivity contribution < 1.29 is 0 Å². The van der Waals surface area contributed by atoms with Crippen molar-refractivity contribution >= 4 is 28.7 Å². The molecule has 6 heteroatoms. The first kappa shape index (κ1) is 10.4. The Morgan fingerprint density at radius 2 is 2.33 bits per heavy atom. The first-order valence-electron chi connectivity index (χ1n) is 5.58. The van der Waals surface area contributed by atoms with Crippen LogP contribution in [0.3, 0.4) is 0 Å². The van der Waals surface area contributed by atoms with E-state index in [0.717, 1.165) is 33.3 Å². The number of H-pyrrole nitrogens is 1. The van der Waals surface area contributed by atoms with Crippen LogP contribution in [0.15, 0.2) is 28.4 Å². The van der Waals surface area contributed by atoms with Crippen LogP contribution in [0.25, 0.3) is 16.2 Å². The minimum atomic E-state index is 0.0443. The number of aromatic nitrogens is 3. The number of thioether (sulfide) groups is 1. The van der Waals surface area contributed by atoms with Gasteiger partial charge in [0.25, 0.3) is 5.56 Å². The standard InChI is InChI=1S/C12H9N3OS2/c16-12-7-5-17-6-9(7)13-11-4-8(14-15(11)12)10-2-1-3-18-10/h1-4,14H,5-6H2. The molecular formula is C12H9N3OS2. The molecule has 0 spiro atoms. The van der Waals surface area contributed by atoms with Gasteiger partial charge in [0.2, 0.25) is 0 Å². The fraction of sp³-hybridized carbons (Fsp3) is 0.167. The normalized spacial score (nSPS) is 14.2. The Kier molecular flexibility index (Phi) is 2.15. The van der Waals surface area contributed by atoms with E-state index in [1.807, 2.05) is 23.6 Å². The van der Waals surface area contributed by atoms with Crippen molar-refractivity contribution in [2.45, 2.75) is 11.5 Å². The second kappa shape index (κ2) is 3.73.